The van der Waals surface area contributed by atoms with Gasteiger partial charge >= 0.3 is 6.09 Å². The van der Waals surface area contributed by atoms with Crippen molar-refractivity contribution >= 4 is 11.9 Å². The maximum Gasteiger partial charge on any atom is 0.410 e. The molecule has 8 nitrogen and oxygen atoms in total. The highest BCUT2D eigenvalue weighted by Crippen LogP contribution is 2.50. The lowest BCUT2D eigenvalue weighted by atomic mass is 9.60. The van der Waals surface area contributed by atoms with Crippen LogP contribution in [0.4, 0.5) is 10.6 Å². The second kappa shape index (κ2) is 7.56. The van der Waals surface area contributed by atoms with E-state index < -0.39 is 5.60 Å². The minimum atomic E-state index is -0.440. The molecular weight excluding hydrogens is 380 g/mol. The van der Waals surface area contributed by atoms with Gasteiger partial charge in [0.15, 0.2) is 0 Å². The molecule has 0 unspecified atom stereocenters. The van der Waals surface area contributed by atoms with E-state index in [-0.39, 0.29) is 6.09 Å². The van der Waals surface area contributed by atoms with E-state index in [1.807, 2.05) is 58.0 Å². The number of hydrogen-bond acceptors (Lipinski definition) is 6. The summed E-state index contributed by atoms with van der Waals surface area (Å²) in [6.07, 6.45) is 6.07. The zero-order valence-electron chi connectivity index (χ0n) is 18.6. The molecule has 1 saturated carbocycles. The van der Waals surface area contributed by atoms with Crippen molar-refractivity contribution in [1.82, 2.24) is 24.9 Å². The van der Waals surface area contributed by atoms with Gasteiger partial charge in [-0.1, -0.05) is 0 Å². The maximum absolute atomic E-state index is 12.3. The van der Waals surface area contributed by atoms with Crippen LogP contribution < -0.4 is 5.32 Å². The second-order valence-corrected chi connectivity index (χ2v) is 9.82. The number of nitrogens with one attached hydrogen (secondary N) is 1. The standard InChI is InChI=1S/C22H32N6O2/c1-15-17(14-27(5)26-15)18-6-7-19(25-24-18)23-16-12-22(13-16)8-10-28(11-9-22)20(29)30-21(2,3)4/h6-7,14,16H,8-13H2,1-5H3,(H,23,25). The lowest BCUT2D eigenvalue weighted by Gasteiger charge is -2.52. The van der Waals surface area contributed by atoms with E-state index >= 15 is 0 Å². The molecule has 1 aliphatic carbocycles. The van der Waals surface area contributed by atoms with Crippen molar-refractivity contribution in [2.24, 2.45) is 12.5 Å². The lowest BCUT2D eigenvalue weighted by Crippen LogP contribution is -2.53. The van der Waals surface area contributed by atoms with Crippen molar-refractivity contribution in [2.75, 3.05) is 18.4 Å². The predicted molar refractivity (Wildman–Crippen MR) is 115 cm³/mol. The third kappa shape index (κ3) is 4.42. The summed E-state index contributed by atoms with van der Waals surface area (Å²) in [5, 5.41) is 16.6. The van der Waals surface area contributed by atoms with Gasteiger partial charge in [0.25, 0.3) is 0 Å². The topological polar surface area (TPSA) is 85.2 Å². The first-order valence-electron chi connectivity index (χ1n) is 10.7. The largest absolute Gasteiger partial charge is 0.444 e. The van der Waals surface area contributed by atoms with Crippen LogP contribution in [0.25, 0.3) is 11.3 Å². The molecule has 2 aromatic heterocycles. The number of aryl methyl sites for hydroxylation is 2. The summed E-state index contributed by atoms with van der Waals surface area (Å²) >= 11 is 0. The molecule has 2 fully saturated rings. The average molecular weight is 413 g/mol. The highest BCUT2D eigenvalue weighted by atomic mass is 16.6. The van der Waals surface area contributed by atoms with Crippen LogP contribution in [0.2, 0.25) is 0 Å². The quantitative estimate of drug-likeness (QED) is 0.826. The maximum atomic E-state index is 12.3. The Bertz CT molecular complexity index is 899. The molecule has 1 spiro atoms. The molecule has 1 amide bonds. The number of carbonyl (C=O) groups excluding carboxylic acids is 1. The predicted octanol–water partition coefficient (Wildman–Crippen LogP) is 3.78. The molecule has 1 N–H and O–H groups in total. The number of likely N-dealkylation sites (tertiary alicyclic amines) is 1. The van der Waals surface area contributed by atoms with Gasteiger partial charge < -0.3 is 15.0 Å². The van der Waals surface area contributed by atoms with E-state index in [1.54, 1.807) is 4.68 Å². The molecule has 2 aromatic rings. The van der Waals surface area contributed by atoms with E-state index in [2.05, 4.69) is 20.6 Å². The fourth-order valence-corrected chi connectivity index (χ4v) is 4.60. The molecule has 1 aliphatic heterocycles. The number of amides is 1. The van der Waals surface area contributed by atoms with E-state index in [9.17, 15) is 4.79 Å². The van der Waals surface area contributed by atoms with E-state index in [0.717, 1.165) is 61.5 Å². The molecule has 0 aromatic carbocycles. The summed E-state index contributed by atoms with van der Waals surface area (Å²) < 4.78 is 7.29. The molecule has 2 aliphatic rings. The molecule has 0 bridgehead atoms. The third-order valence-electron chi connectivity index (χ3n) is 6.14. The summed E-state index contributed by atoms with van der Waals surface area (Å²) in [6, 6.07) is 4.40. The van der Waals surface area contributed by atoms with Gasteiger partial charge in [0, 0.05) is 37.9 Å². The lowest BCUT2D eigenvalue weighted by molar-refractivity contribution is -0.00863. The van der Waals surface area contributed by atoms with Crippen LogP contribution in [0.5, 0.6) is 0 Å². The highest BCUT2D eigenvalue weighted by Gasteiger charge is 2.46. The van der Waals surface area contributed by atoms with Gasteiger partial charge in [-0.2, -0.15) is 5.10 Å². The number of rotatable bonds is 3. The van der Waals surface area contributed by atoms with Crippen LogP contribution in [0, 0.1) is 12.3 Å². The number of aromatic nitrogens is 4. The van der Waals surface area contributed by atoms with Crippen molar-refractivity contribution in [3.05, 3.63) is 24.0 Å². The van der Waals surface area contributed by atoms with Gasteiger partial charge in [-0.3, -0.25) is 4.68 Å². The number of carbonyl (C=O) groups is 1. The molecule has 162 valence electrons. The Morgan fingerprint density at radius 2 is 1.90 bits per heavy atom. The first kappa shape index (κ1) is 20.6. The Kier molecular flexibility index (Phi) is 5.20. The zero-order chi connectivity index (χ0) is 21.5. The number of piperidine rings is 1. The van der Waals surface area contributed by atoms with Gasteiger partial charge in [0.1, 0.15) is 11.4 Å². The Morgan fingerprint density at radius 1 is 1.20 bits per heavy atom. The third-order valence-corrected chi connectivity index (χ3v) is 6.14. The van der Waals surface area contributed by atoms with Crippen molar-refractivity contribution in [3.8, 4) is 11.3 Å². The fourth-order valence-electron chi connectivity index (χ4n) is 4.60. The minimum Gasteiger partial charge on any atom is -0.444 e. The highest BCUT2D eigenvalue weighted by molar-refractivity contribution is 5.68. The van der Waals surface area contributed by atoms with Crippen molar-refractivity contribution < 1.29 is 9.53 Å². The van der Waals surface area contributed by atoms with Gasteiger partial charge in [-0.25, -0.2) is 4.79 Å². The molecule has 3 heterocycles. The normalized spacial score (nSPS) is 18.9. The van der Waals surface area contributed by atoms with Crippen molar-refractivity contribution in [2.45, 2.75) is 65.0 Å². The molecule has 4 rings (SSSR count). The average Bonchev–Trinajstić information content (AvgIpc) is 2.98. The Hall–Kier alpha value is -2.64. The van der Waals surface area contributed by atoms with E-state index in [4.69, 9.17) is 4.74 Å². The number of nitrogens with zero attached hydrogens (tertiary/aromatic N) is 5. The van der Waals surface area contributed by atoms with Gasteiger partial charge in [-0.05, 0) is 70.9 Å². The van der Waals surface area contributed by atoms with Gasteiger partial charge in [0.2, 0.25) is 0 Å². The molecule has 1 saturated heterocycles. The second-order valence-electron chi connectivity index (χ2n) is 9.82. The fraction of sp³-hybridized carbons (Fsp3) is 0.636. The smallest absolute Gasteiger partial charge is 0.410 e. The zero-order valence-corrected chi connectivity index (χ0v) is 18.6. The van der Waals surface area contributed by atoms with Crippen molar-refractivity contribution in [1.29, 1.82) is 0 Å². The van der Waals surface area contributed by atoms with Gasteiger partial charge in [0.05, 0.1) is 11.4 Å². The number of ether oxygens (including phenoxy) is 1. The van der Waals surface area contributed by atoms with Crippen LogP contribution in [0.1, 0.15) is 52.1 Å². The molecule has 30 heavy (non-hydrogen) atoms. The summed E-state index contributed by atoms with van der Waals surface area (Å²) in [5.74, 6) is 0.811. The van der Waals surface area contributed by atoms with Crippen LogP contribution in [0.15, 0.2) is 18.3 Å². The van der Waals surface area contributed by atoms with Crippen LogP contribution >= 0.6 is 0 Å². The molecular formula is C22H32N6O2. The Morgan fingerprint density at radius 3 is 2.43 bits per heavy atom. The Balaban J connectivity index is 1.26. The minimum absolute atomic E-state index is 0.189. The SMILES string of the molecule is Cc1nn(C)cc1-c1ccc(NC2CC3(CCN(C(=O)OC(C)(C)C)CC3)C2)nn1. The van der Waals surface area contributed by atoms with E-state index in [0.29, 0.717) is 11.5 Å². The van der Waals surface area contributed by atoms with Crippen molar-refractivity contribution in [3.63, 3.8) is 0 Å². The first-order valence-corrected chi connectivity index (χ1v) is 10.7. The summed E-state index contributed by atoms with van der Waals surface area (Å²) in [7, 11) is 1.91. The van der Waals surface area contributed by atoms with Gasteiger partial charge in [-0.15, -0.1) is 10.2 Å². The monoisotopic (exact) mass is 412 g/mol. The van der Waals surface area contributed by atoms with E-state index in [1.165, 1.54) is 0 Å². The first-order chi connectivity index (χ1) is 14.1. The molecule has 8 heteroatoms. The summed E-state index contributed by atoms with van der Waals surface area (Å²) in [5.41, 5.74) is 2.70. The number of anilines is 1. The van der Waals surface area contributed by atoms with Crippen LogP contribution in [-0.2, 0) is 11.8 Å². The molecule has 0 atom stereocenters. The summed E-state index contributed by atoms with van der Waals surface area (Å²) in [4.78, 5) is 14.1. The Labute approximate surface area is 178 Å². The van der Waals surface area contributed by atoms with Crippen LogP contribution in [-0.4, -0.2) is 55.7 Å². The summed E-state index contributed by atoms with van der Waals surface area (Å²) in [6.45, 7) is 9.26. The van der Waals surface area contributed by atoms with Crippen LogP contribution in [0.3, 0.4) is 0 Å². The molecule has 0 radical (unpaired) electrons. The number of hydrogen-bond donors (Lipinski definition) is 1.